The van der Waals surface area contributed by atoms with Gasteiger partial charge in [0.2, 0.25) is 11.8 Å². The fourth-order valence-corrected chi connectivity index (χ4v) is 0.810. The fourth-order valence-electron chi connectivity index (χ4n) is 0.810. The van der Waals surface area contributed by atoms with Gasteiger partial charge in [-0.05, 0) is 6.42 Å². The third-order valence-electron chi connectivity index (χ3n) is 2.02. The average molecular weight is 292 g/mol. The van der Waals surface area contributed by atoms with Gasteiger partial charge in [0, 0.05) is 13.5 Å². The normalized spacial score (nSPS) is 12.3. The summed E-state index contributed by atoms with van der Waals surface area (Å²) < 4.78 is 0. The number of nitrogens with one attached hydrogen (secondary N) is 1. The standard InChI is InChI=1S/2C5H10N2O3/c1-7-4(8)2-3(6)5(9)10;6-3(5(9)10)1-2-4(7)8/h3H,2,6H2,1H3,(H,7,8)(H,9,10);3H,1-2,6H2,(H2,7,8)(H,9,10)/t;3-/m.0/s1. The lowest BCUT2D eigenvalue weighted by Gasteiger charge is -2.03. The predicted octanol–water partition coefficient (Wildman–Crippen LogP) is -2.80. The van der Waals surface area contributed by atoms with E-state index in [0.717, 1.165) is 0 Å². The lowest BCUT2D eigenvalue weighted by atomic mass is 10.2. The van der Waals surface area contributed by atoms with Crippen molar-refractivity contribution in [3.05, 3.63) is 0 Å². The Balaban J connectivity index is 0. The van der Waals surface area contributed by atoms with Crippen LogP contribution in [0.4, 0.5) is 0 Å². The van der Waals surface area contributed by atoms with Crippen molar-refractivity contribution in [1.82, 2.24) is 5.32 Å². The maximum absolute atomic E-state index is 10.5. The summed E-state index contributed by atoms with van der Waals surface area (Å²) in [5, 5.41) is 18.7. The minimum absolute atomic E-state index is 0.0213. The number of hydrogen-bond donors (Lipinski definition) is 6. The summed E-state index contributed by atoms with van der Waals surface area (Å²) >= 11 is 0. The molecule has 0 bridgehead atoms. The largest absolute Gasteiger partial charge is 0.480 e. The number of primary amides is 1. The summed E-state index contributed by atoms with van der Waals surface area (Å²) in [6.07, 6.45) is -0.0516. The molecule has 0 fully saturated rings. The number of aliphatic carboxylic acids is 2. The van der Waals surface area contributed by atoms with Gasteiger partial charge in [0.25, 0.3) is 0 Å². The highest BCUT2D eigenvalue weighted by Crippen LogP contribution is 1.92. The molecule has 0 aliphatic rings. The molecule has 0 rings (SSSR count). The predicted molar refractivity (Wildman–Crippen MR) is 68.3 cm³/mol. The Morgan fingerprint density at radius 2 is 1.50 bits per heavy atom. The van der Waals surface area contributed by atoms with Crippen LogP contribution in [0.1, 0.15) is 19.3 Å². The number of nitrogens with two attached hydrogens (primary N) is 3. The van der Waals surface area contributed by atoms with Crippen LogP contribution in [0.3, 0.4) is 0 Å². The highest BCUT2D eigenvalue weighted by molar-refractivity contribution is 5.83. The second-order valence-electron chi connectivity index (χ2n) is 3.77. The van der Waals surface area contributed by atoms with Gasteiger partial charge in [0.15, 0.2) is 0 Å². The molecule has 9 N–H and O–H groups in total. The van der Waals surface area contributed by atoms with E-state index < -0.39 is 29.9 Å². The van der Waals surface area contributed by atoms with E-state index in [4.69, 9.17) is 27.4 Å². The Bertz CT molecular complexity index is 360. The molecule has 20 heavy (non-hydrogen) atoms. The fraction of sp³-hybridized carbons (Fsp3) is 0.600. The second kappa shape index (κ2) is 10.7. The Labute approximate surface area is 115 Å². The zero-order valence-corrected chi connectivity index (χ0v) is 11.0. The van der Waals surface area contributed by atoms with Gasteiger partial charge in [-0.1, -0.05) is 0 Å². The summed E-state index contributed by atoms with van der Waals surface area (Å²) in [7, 11) is 1.43. The Kier molecular flexibility index (Phi) is 10.8. The van der Waals surface area contributed by atoms with E-state index in [1.54, 1.807) is 0 Å². The van der Waals surface area contributed by atoms with Gasteiger partial charge in [-0.15, -0.1) is 0 Å². The minimum atomic E-state index is -1.16. The molecule has 0 aromatic heterocycles. The van der Waals surface area contributed by atoms with Crippen LogP contribution in [0.5, 0.6) is 0 Å². The van der Waals surface area contributed by atoms with Crippen LogP contribution in [-0.4, -0.2) is 53.1 Å². The summed E-state index contributed by atoms with van der Waals surface area (Å²) in [6, 6.07) is -2.08. The van der Waals surface area contributed by atoms with Crippen molar-refractivity contribution in [2.75, 3.05) is 7.05 Å². The molecule has 0 saturated heterocycles. The second-order valence-corrected chi connectivity index (χ2v) is 3.77. The Morgan fingerprint density at radius 1 is 1.05 bits per heavy atom. The van der Waals surface area contributed by atoms with Crippen molar-refractivity contribution >= 4 is 23.8 Å². The van der Waals surface area contributed by atoms with E-state index in [1.807, 2.05) is 0 Å². The van der Waals surface area contributed by atoms with Crippen molar-refractivity contribution in [3.63, 3.8) is 0 Å². The van der Waals surface area contributed by atoms with E-state index >= 15 is 0 Å². The Hall–Kier alpha value is -2.20. The quantitative estimate of drug-likeness (QED) is 0.289. The van der Waals surface area contributed by atoms with Crippen LogP contribution >= 0.6 is 0 Å². The van der Waals surface area contributed by atoms with E-state index in [0.29, 0.717) is 0 Å². The number of carboxylic acids is 2. The van der Waals surface area contributed by atoms with Crippen molar-refractivity contribution in [2.24, 2.45) is 17.2 Å². The van der Waals surface area contributed by atoms with Gasteiger partial charge in [0.05, 0.1) is 6.42 Å². The molecule has 2 atom stereocenters. The molecular formula is C10H20N4O6. The van der Waals surface area contributed by atoms with E-state index in [9.17, 15) is 19.2 Å². The van der Waals surface area contributed by atoms with Crippen LogP contribution in [0.25, 0.3) is 0 Å². The molecule has 10 heteroatoms. The van der Waals surface area contributed by atoms with Crippen LogP contribution < -0.4 is 22.5 Å². The average Bonchev–Trinajstić information content (AvgIpc) is 2.35. The smallest absolute Gasteiger partial charge is 0.321 e. The molecule has 0 radical (unpaired) electrons. The first-order chi connectivity index (χ1) is 9.11. The third-order valence-corrected chi connectivity index (χ3v) is 2.02. The van der Waals surface area contributed by atoms with E-state index in [-0.39, 0.29) is 25.2 Å². The summed E-state index contributed by atoms with van der Waals surface area (Å²) in [6.45, 7) is 0. The molecule has 0 aliphatic heterocycles. The van der Waals surface area contributed by atoms with Gasteiger partial charge in [0.1, 0.15) is 12.1 Å². The van der Waals surface area contributed by atoms with Gasteiger partial charge in [-0.3, -0.25) is 19.2 Å². The molecular weight excluding hydrogens is 272 g/mol. The molecule has 0 heterocycles. The molecule has 1 unspecified atom stereocenters. The van der Waals surface area contributed by atoms with Crippen molar-refractivity contribution < 1.29 is 29.4 Å². The van der Waals surface area contributed by atoms with Crippen LogP contribution in [0.15, 0.2) is 0 Å². The van der Waals surface area contributed by atoms with Crippen LogP contribution in [0, 0.1) is 0 Å². The van der Waals surface area contributed by atoms with Crippen molar-refractivity contribution in [3.8, 4) is 0 Å². The highest BCUT2D eigenvalue weighted by atomic mass is 16.4. The minimum Gasteiger partial charge on any atom is -0.480 e. The molecule has 116 valence electrons. The first kappa shape index (κ1) is 20.1. The maximum Gasteiger partial charge on any atom is 0.321 e. The summed E-state index contributed by atoms with van der Waals surface area (Å²) in [4.78, 5) is 40.7. The van der Waals surface area contributed by atoms with Gasteiger partial charge >= 0.3 is 11.9 Å². The van der Waals surface area contributed by atoms with Crippen LogP contribution in [0.2, 0.25) is 0 Å². The molecule has 0 saturated carbocycles. The highest BCUT2D eigenvalue weighted by Gasteiger charge is 2.14. The van der Waals surface area contributed by atoms with Crippen molar-refractivity contribution in [1.29, 1.82) is 0 Å². The summed E-state index contributed by atoms with van der Waals surface area (Å²) in [5.41, 5.74) is 14.8. The number of carbonyl (C=O) groups excluding carboxylic acids is 2. The van der Waals surface area contributed by atoms with Crippen molar-refractivity contribution in [2.45, 2.75) is 31.3 Å². The topological polar surface area (TPSA) is 199 Å². The van der Waals surface area contributed by atoms with E-state index in [2.05, 4.69) is 5.32 Å². The molecule has 0 aromatic carbocycles. The van der Waals surface area contributed by atoms with Gasteiger partial charge in [-0.2, -0.15) is 0 Å². The first-order valence-electron chi connectivity index (χ1n) is 5.57. The monoisotopic (exact) mass is 292 g/mol. The first-order valence-corrected chi connectivity index (χ1v) is 5.57. The lowest BCUT2D eigenvalue weighted by Crippen LogP contribution is -2.35. The molecule has 0 spiro atoms. The maximum atomic E-state index is 10.5. The van der Waals surface area contributed by atoms with Crippen LogP contribution in [-0.2, 0) is 19.2 Å². The third kappa shape index (κ3) is 12.3. The molecule has 0 aromatic rings. The lowest BCUT2D eigenvalue weighted by molar-refractivity contribution is -0.140. The number of hydrogen-bond acceptors (Lipinski definition) is 6. The zero-order valence-electron chi connectivity index (χ0n) is 11.0. The number of carboxylic acid groups (broad SMARTS) is 2. The number of amides is 2. The van der Waals surface area contributed by atoms with Gasteiger partial charge in [-0.25, -0.2) is 0 Å². The molecule has 10 nitrogen and oxygen atoms in total. The zero-order chi connectivity index (χ0) is 16.3. The SMILES string of the molecule is CNC(=O)CC(N)C(=O)O.NC(=O)CC[C@H](N)C(=O)O. The molecule has 0 aliphatic carbocycles. The Morgan fingerprint density at radius 3 is 1.80 bits per heavy atom. The number of rotatable bonds is 7. The summed E-state index contributed by atoms with van der Waals surface area (Å²) in [5.74, 6) is -3.17. The molecule has 2 amide bonds. The number of carbonyl (C=O) groups is 4. The van der Waals surface area contributed by atoms with E-state index in [1.165, 1.54) is 7.05 Å². The van der Waals surface area contributed by atoms with Gasteiger partial charge < -0.3 is 32.7 Å².